The average Bonchev–Trinajstić information content (AvgIpc) is 2.39. The lowest BCUT2D eigenvalue weighted by atomic mass is 10.1. The summed E-state index contributed by atoms with van der Waals surface area (Å²) >= 11 is 0. The van der Waals surface area contributed by atoms with Crippen molar-refractivity contribution >= 4 is 0 Å². The van der Waals surface area contributed by atoms with Crippen LogP contribution in [0.25, 0.3) is 0 Å². The van der Waals surface area contributed by atoms with Crippen LogP contribution in [0.5, 0.6) is 0 Å². The monoisotopic (exact) mass is 153 g/mol. The third-order valence-corrected chi connectivity index (χ3v) is 1.84. The third kappa shape index (κ3) is 2.35. The molecule has 0 fully saturated rings. The minimum Gasteiger partial charge on any atom is -0.336 e. The lowest BCUT2D eigenvalue weighted by molar-refractivity contribution is 0.433. The molecule has 0 aliphatic heterocycles. The van der Waals surface area contributed by atoms with Gasteiger partial charge >= 0.3 is 0 Å². The number of imidazole rings is 1. The minimum absolute atomic E-state index is 0.226. The molecule has 1 aromatic heterocycles. The molecule has 0 aliphatic rings. The van der Waals surface area contributed by atoms with Gasteiger partial charge in [0.2, 0.25) is 0 Å². The fraction of sp³-hybridized carbons (Fsp3) is 0.625. The Morgan fingerprint density at radius 1 is 1.55 bits per heavy atom. The summed E-state index contributed by atoms with van der Waals surface area (Å²) in [6.45, 7) is 5.11. The Morgan fingerprint density at radius 2 is 2.27 bits per heavy atom. The molecule has 0 bridgehead atoms. The average molecular weight is 153 g/mol. The maximum Gasteiger partial charge on any atom is 0.0946 e. The number of aromatic nitrogens is 2. The molecule has 0 radical (unpaired) electrons. The van der Waals surface area contributed by atoms with Crippen molar-refractivity contribution in [2.45, 2.75) is 26.4 Å². The van der Waals surface area contributed by atoms with E-state index in [4.69, 9.17) is 5.73 Å². The Kier molecular flexibility index (Phi) is 2.65. The van der Waals surface area contributed by atoms with Gasteiger partial charge in [-0.2, -0.15) is 0 Å². The van der Waals surface area contributed by atoms with E-state index in [0.29, 0.717) is 5.92 Å². The summed E-state index contributed by atoms with van der Waals surface area (Å²) < 4.78 is 2.00. The summed E-state index contributed by atoms with van der Waals surface area (Å²) in [7, 11) is 0. The van der Waals surface area contributed by atoms with Gasteiger partial charge < -0.3 is 10.3 Å². The quantitative estimate of drug-likeness (QED) is 0.700. The number of nitrogens with zero attached hydrogens (tertiary/aromatic N) is 2. The van der Waals surface area contributed by atoms with E-state index in [1.165, 1.54) is 0 Å². The van der Waals surface area contributed by atoms with Gasteiger partial charge in [0.05, 0.1) is 6.33 Å². The maximum atomic E-state index is 5.86. The summed E-state index contributed by atoms with van der Waals surface area (Å²) in [5.74, 6) is 0.525. The smallest absolute Gasteiger partial charge is 0.0946 e. The highest BCUT2D eigenvalue weighted by molar-refractivity contribution is 4.77. The molecule has 11 heavy (non-hydrogen) atoms. The second-order valence-corrected chi connectivity index (χ2v) is 3.17. The molecule has 0 saturated heterocycles. The molecule has 0 saturated carbocycles. The van der Waals surface area contributed by atoms with Gasteiger partial charge in [-0.05, 0) is 5.92 Å². The number of rotatable bonds is 3. The lowest BCUT2D eigenvalue weighted by Crippen LogP contribution is -2.30. The van der Waals surface area contributed by atoms with Crippen molar-refractivity contribution in [2.75, 3.05) is 0 Å². The predicted octanol–water partition coefficient (Wildman–Crippen LogP) is 0.866. The Bertz CT molecular complexity index is 191. The van der Waals surface area contributed by atoms with Crippen LogP contribution in [-0.4, -0.2) is 15.6 Å². The van der Waals surface area contributed by atoms with Crippen molar-refractivity contribution in [1.29, 1.82) is 0 Å². The van der Waals surface area contributed by atoms with Crippen LogP contribution in [-0.2, 0) is 6.54 Å². The fourth-order valence-electron chi connectivity index (χ4n) is 0.849. The van der Waals surface area contributed by atoms with Crippen LogP contribution in [0.4, 0.5) is 0 Å². The molecule has 3 nitrogen and oxygen atoms in total. The van der Waals surface area contributed by atoms with Crippen LogP contribution in [0, 0.1) is 5.92 Å². The highest BCUT2D eigenvalue weighted by atomic mass is 15.0. The zero-order valence-electron chi connectivity index (χ0n) is 7.07. The zero-order chi connectivity index (χ0) is 8.27. The summed E-state index contributed by atoms with van der Waals surface area (Å²) in [6.07, 6.45) is 5.50. The van der Waals surface area contributed by atoms with Gasteiger partial charge in [-0.1, -0.05) is 13.8 Å². The van der Waals surface area contributed by atoms with Crippen molar-refractivity contribution in [3.63, 3.8) is 0 Å². The van der Waals surface area contributed by atoms with Crippen LogP contribution in [0.15, 0.2) is 18.7 Å². The van der Waals surface area contributed by atoms with Crippen molar-refractivity contribution in [3.05, 3.63) is 18.7 Å². The number of hydrogen-bond acceptors (Lipinski definition) is 2. The highest BCUT2D eigenvalue weighted by Gasteiger charge is 2.06. The van der Waals surface area contributed by atoms with Crippen LogP contribution in [0.2, 0.25) is 0 Å². The van der Waals surface area contributed by atoms with Crippen LogP contribution in [0.3, 0.4) is 0 Å². The fourth-order valence-corrected chi connectivity index (χ4v) is 0.849. The molecule has 1 heterocycles. The van der Waals surface area contributed by atoms with Crippen LogP contribution in [0.1, 0.15) is 13.8 Å². The van der Waals surface area contributed by atoms with Gasteiger partial charge in [0.15, 0.2) is 0 Å². The number of hydrogen-bond donors (Lipinski definition) is 1. The van der Waals surface area contributed by atoms with Gasteiger partial charge in [-0.25, -0.2) is 4.98 Å². The van der Waals surface area contributed by atoms with Crippen molar-refractivity contribution in [3.8, 4) is 0 Å². The Labute approximate surface area is 67.2 Å². The van der Waals surface area contributed by atoms with E-state index in [1.54, 1.807) is 12.5 Å². The molecule has 62 valence electrons. The van der Waals surface area contributed by atoms with Gasteiger partial charge in [-0.3, -0.25) is 0 Å². The van der Waals surface area contributed by atoms with Gasteiger partial charge in [0, 0.05) is 25.0 Å². The van der Waals surface area contributed by atoms with E-state index >= 15 is 0 Å². The lowest BCUT2D eigenvalue weighted by Gasteiger charge is -2.15. The molecule has 0 unspecified atom stereocenters. The molecule has 0 aliphatic carbocycles. The maximum absolute atomic E-state index is 5.86. The second-order valence-electron chi connectivity index (χ2n) is 3.17. The largest absolute Gasteiger partial charge is 0.336 e. The number of nitrogens with two attached hydrogens (primary N) is 1. The predicted molar refractivity (Wildman–Crippen MR) is 45.0 cm³/mol. The van der Waals surface area contributed by atoms with Gasteiger partial charge in [0.25, 0.3) is 0 Å². The molecule has 1 atom stereocenters. The molecule has 0 aromatic carbocycles. The summed E-state index contributed by atoms with van der Waals surface area (Å²) in [4.78, 5) is 3.94. The molecule has 1 rings (SSSR count). The zero-order valence-corrected chi connectivity index (χ0v) is 7.07. The molecule has 0 amide bonds. The minimum atomic E-state index is 0.226. The van der Waals surface area contributed by atoms with Gasteiger partial charge in [0.1, 0.15) is 0 Å². The van der Waals surface area contributed by atoms with E-state index < -0.39 is 0 Å². The van der Waals surface area contributed by atoms with Crippen molar-refractivity contribution < 1.29 is 0 Å². The van der Waals surface area contributed by atoms with E-state index in [1.807, 2.05) is 10.8 Å². The standard InChI is InChI=1S/C8H15N3/c1-7(2)8(9)5-11-4-3-10-6-11/h3-4,6-8H,5,9H2,1-2H3/t8-/m1/s1. The SMILES string of the molecule is CC(C)[C@H](N)Cn1ccnc1. The molecule has 3 heteroatoms. The Hall–Kier alpha value is -0.830. The first kappa shape index (κ1) is 8.27. The summed E-state index contributed by atoms with van der Waals surface area (Å²) in [5.41, 5.74) is 5.86. The van der Waals surface area contributed by atoms with Crippen LogP contribution < -0.4 is 5.73 Å². The normalized spacial score (nSPS) is 13.8. The summed E-state index contributed by atoms with van der Waals surface area (Å²) in [6, 6.07) is 0.226. The molecular weight excluding hydrogens is 138 g/mol. The third-order valence-electron chi connectivity index (χ3n) is 1.84. The molecule has 2 N–H and O–H groups in total. The van der Waals surface area contributed by atoms with E-state index in [9.17, 15) is 0 Å². The second kappa shape index (κ2) is 3.53. The molecular formula is C8H15N3. The first-order valence-corrected chi connectivity index (χ1v) is 3.91. The van der Waals surface area contributed by atoms with Gasteiger partial charge in [-0.15, -0.1) is 0 Å². The van der Waals surface area contributed by atoms with Crippen molar-refractivity contribution in [2.24, 2.45) is 11.7 Å². The van der Waals surface area contributed by atoms with E-state index in [2.05, 4.69) is 18.8 Å². The van der Waals surface area contributed by atoms with E-state index in [-0.39, 0.29) is 6.04 Å². The highest BCUT2D eigenvalue weighted by Crippen LogP contribution is 2.00. The van der Waals surface area contributed by atoms with Crippen molar-refractivity contribution in [1.82, 2.24) is 9.55 Å². The topological polar surface area (TPSA) is 43.8 Å². The molecule has 1 aromatic rings. The van der Waals surface area contributed by atoms with E-state index in [0.717, 1.165) is 6.54 Å². The van der Waals surface area contributed by atoms with Crippen LogP contribution >= 0.6 is 0 Å². The Morgan fingerprint density at radius 3 is 2.73 bits per heavy atom. The first-order chi connectivity index (χ1) is 5.20. The summed E-state index contributed by atoms with van der Waals surface area (Å²) in [5, 5.41) is 0. The molecule has 0 spiro atoms. The Balaban J connectivity index is 2.43. The first-order valence-electron chi connectivity index (χ1n) is 3.91.